The van der Waals surface area contributed by atoms with Crippen LogP contribution in [0, 0.1) is 0 Å². The molecular formula is C62H45BN2S. The van der Waals surface area contributed by atoms with Crippen LogP contribution in [0.25, 0.3) is 74.7 Å². The van der Waals surface area contributed by atoms with Gasteiger partial charge >= 0.3 is 0 Å². The zero-order chi connectivity index (χ0) is 43.9. The van der Waals surface area contributed by atoms with E-state index in [0.717, 1.165) is 0 Å². The monoisotopic (exact) mass is 860 g/mol. The minimum Gasteiger partial charge on any atom is -0.311 e. The minimum atomic E-state index is 0.0346. The third-order valence-electron chi connectivity index (χ3n) is 14.9. The van der Waals surface area contributed by atoms with Gasteiger partial charge in [0, 0.05) is 42.7 Å². The molecule has 0 N–H and O–H groups in total. The van der Waals surface area contributed by atoms with Gasteiger partial charge in [-0.25, -0.2) is 0 Å². The summed E-state index contributed by atoms with van der Waals surface area (Å²) in [6, 6.07) is 71.7. The van der Waals surface area contributed by atoms with Gasteiger partial charge in [-0.2, -0.15) is 0 Å². The minimum absolute atomic E-state index is 0.0346. The van der Waals surface area contributed by atoms with Crippen LogP contribution in [0.4, 0.5) is 34.1 Å². The first-order valence-electron chi connectivity index (χ1n) is 23.5. The maximum atomic E-state index is 2.68. The van der Waals surface area contributed by atoms with Crippen molar-refractivity contribution in [1.82, 2.24) is 0 Å². The Morgan fingerprint density at radius 2 is 0.773 bits per heavy atom. The molecule has 1 aromatic heterocycles. The van der Waals surface area contributed by atoms with Gasteiger partial charge in [-0.1, -0.05) is 173 Å². The van der Waals surface area contributed by atoms with Gasteiger partial charge in [0.15, 0.2) is 0 Å². The molecule has 4 heteroatoms. The second kappa shape index (κ2) is 14.1. The lowest BCUT2D eigenvalue weighted by Crippen LogP contribution is -2.60. The number of rotatable bonds is 4. The van der Waals surface area contributed by atoms with E-state index < -0.39 is 0 Å². The Hall–Kier alpha value is -7.40. The molecule has 0 saturated heterocycles. The molecule has 0 saturated carbocycles. The Kier molecular flexibility index (Phi) is 8.08. The summed E-state index contributed by atoms with van der Waals surface area (Å²) in [5, 5.41) is 16.7. The molecule has 2 aliphatic rings. The lowest BCUT2D eigenvalue weighted by Gasteiger charge is -2.43. The van der Waals surface area contributed by atoms with E-state index in [9.17, 15) is 0 Å². The van der Waals surface area contributed by atoms with E-state index >= 15 is 0 Å². The second-order valence-electron chi connectivity index (χ2n) is 19.1. The number of hydrogen-bond acceptors (Lipinski definition) is 3. The standard InChI is InChI=1S/C62H45BN2S/c1-36(2)38-31-33-57-50(34-38)61-62(66-57)63-51-35-39(37(3)4)30-32-52(51)64(53-26-13-24-48-44-18-7-5-16-40(44)42-20-9-11-22-46(42)58(48)53)55-28-15-29-56(60(55)63)65(61)54-27-14-25-49-45-19-8-6-17-41(45)43-21-10-12-23-47(43)59(49)54/h5-37H,1-4H3. The van der Waals surface area contributed by atoms with Crippen LogP contribution in [0.3, 0.4) is 0 Å². The average molecular weight is 861 g/mol. The lowest BCUT2D eigenvalue weighted by atomic mass is 9.36. The molecule has 2 nitrogen and oxygen atoms in total. The van der Waals surface area contributed by atoms with Crippen molar-refractivity contribution >= 4 is 143 Å². The van der Waals surface area contributed by atoms with Crippen LogP contribution in [0.2, 0.25) is 0 Å². The summed E-state index contributed by atoms with van der Waals surface area (Å²) in [6.07, 6.45) is 0. The molecule has 12 aromatic rings. The summed E-state index contributed by atoms with van der Waals surface area (Å²) in [7, 11) is 0. The topological polar surface area (TPSA) is 6.48 Å². The van der Waals surface area contributed by atoms with Crippen molar-refractivity contribution in [2.45, 2.75) is 39.5 Å². The van der Waals surface area contributed by atoms with Gasteiger partial charge in [0.05, 0.1) is 17.1 Å². The number of fused-ring (bicyclic) bond motifs is 18. The fourth-order valence-electron chi connectivity index (χ4n) is 11.9. The van der Waals surface area contributed by atoms with E-state index in [1.165, 1.54) is 136 Å². The van der Waals surface area contributed by atoms with Crippen LogP contribution in [0.5, 0.6) is 0 Å². The quantitative estimate of drug-likeness (QED) is 0.128. The molecule has 0 aliphatic carbocycles. The lowest BCUT2D eigenvalue weighted by molar-refractivity contribution is 0.868. The Morgan fingerprint density at radius 1 is 0.364 bits per heavy atom. The van der Waals surface area contributed by atoms with Gasteiger partial charge < -0.3 is 9.80 Å². The van der Waals surface area contributed by atoms with E-state index in [2.05, 4.69) is 226 Å². The van der Waals surface area contributed by atoms with Gasteiger partial charge in [0.1, 0.15) is 0 Å². The van der Waals surface area contributed by atoms with Crippen molar-refractivity contribution in [1.29, 1.82) is 0 Å². The van der Waals surface area contributed by atoms with Crippen LogP contribution in [-0.4, -0.2) is 6.71 Å². The van der Waals surface area contributed by atoms with E-state index in [-0.39, 0.29) is 6.71 Å². The van der Waals surface area contributed by atoms with Crippen LogP contribution in [0.15, 0.2) is 188 Å². The summed E-state index contributed by atoms with van der Waals surface area (Å²) in [5.41, 5.74) is 12.9. The van der Waals surface area contributed by atoms with Crippen LogP contribution < -0.4 is 25.5 Å². The Bertz CT molecular complexity index is 3960. The van der Waals surface area contributed by atoms with Gasteiger partial charge in [0.25, 0.3) is 6.71 Å². The van der Waals surface area contributed by atoms with E-state index in [0.29, 0.717) is 11.8 Å². The van der Waals surface area contributed by atoms with Crippen molar-refractivity contribution < 1.29 is 0 Å². The number of benzene rings is 11. The molecule has 14 rings (SSSR count). The SMILES string of the molecule is CC(C)c1ccc2c(c1)B1c3sc4ccc(C(C)C)cc4c3N(c3cccc4c5ccccc5c5ccccc5c34)c3cccc(c31)N2c1cccc2c3ccccc3c3ccccc3c12. The van der Waals surface area contributed by atoms with Crippen molar-refractivity contribution in [2.75, 3.05) is 9.80 Å². The van der Waals surface area contributed by atoms with Gasteiger partial charge in [-0.3, -0.25) is 0 Å². The van der Waals surface area contributed by atoms with Gasteiger partial charge in [-0.05, 0) is 130 Å². The summed E-state index contributed by atoms with van der Waals surface area (Å²) in [4.78, 5) is 5.30. The molecule has 0 radical (unpaired) electrons. The van der Waals surface area contributed by atoms with Crippen molar-refractivity contribution in [3.63, 3.8) is 0 Å². The highest BCUT2D eigenvalue weighted by Crippen LogP contribution is 2.52. The maximum Gasteiger partial charge on any atom is 0.264 e. The smallest absolute Gasteiger partial charge is 0.264 e. The van der Waals surface area contributed by atoms with Crippen molar-refractivity contribution in [3.05, 3.63) is 199 Å². The molecule has 3 heterocycles. The third-order valence-corrected chi connectivity index (χ3v) is 16.2. The van der Waals surface area contributed by atoms with Crippen LogP contribution >= 0.6 is 11.3 Å². The Balaban J connectivity index is 1.14. The first-order valence-corrected chi connectivity index (χ1v) is 24.3. The summed E-state index contributed by atoms with van der Waals surface area (Å²) in [6.45, 7) is 9.34. The molecule has 0 bridgehead atoms. The first-order chi connectivity index (χ1) is 32.4. The number of thiophene rings is 1. The Labute approximate surface area is 389 Å². The zero-order valence-corrected chi connectivity index (χ0v) is 38.2. The van der Waals surface area contributed by atoms with E-state index in [1.54, 1.807) is 0 Å². The largest absolute Gasteiger partial charge is 0.311 e. The van der Waals surface area contributed by atoms with Crippen molar-refractivity contribution in [3.8, 4) is 0 Å². The molecule has 2 aliphatic heterocycles. The molecule has 0 fully saturated rings. The van der Waals surface area contributed by atoms with E-state index in [4.69, 9.17) is 0 Å². The third kappa shape index (κ3) is 5.14. The summed E-state index contributed by atoms with van der Waals surface area (Å²) in [5.74, 6) is 0.780. The predicted molar refractivity (Wildman–Crippen MR) is 289 cm³/mol. The molecule has 312 valence electrons. The zero-order valence-electron chi connectivity index (χ0n) is 37.4. The fraction of sp³-hybridized carbons (Fsp3) is 0.0968. The molecule has 0 unspecified atom stereocenters. The molecular weight excluding hydrogens is 816 g/mol. The summed E-state index contributed by atoms with van der Waals surface area (Å²) < 4.78 is 2.74. The van der Waals surface area contributed by atoms with Crippen LogP contribution in [0.1, 0.15) is 50.7 Å². The number of anilines is 6. The highest BCUT2D eigenvalue weighted by molar-refractivity contribution is 7.33. The van der Waals surface area contributed by atoms with Crippen LogP contribution in [-0.2, 0) is 0 Å². The predicted octanol–water partition coefficient (Wildman–Crippen LogP) is 16.1. The van der Waals surface area contributed by atoms with Crippen molar-refractivity contribution in [2.24, 2.45) is 0 Å². The number of nitrogens with zero attached hydrogens (tertiary/aromatic N) is 2. The Morgan fingerprint density at radius 3 is 1.30 bits per heavy atom. The van der Waals surface area contributed by atoms with E-state index in [1.807, 2.05) is 11.3 Å². The van der Waals surface area contributed by atoms with Gasteiger partial charge in [0.2, 0.25) is 0 Å². The molecule has 0 spiro atoms. The maximum absolute atomic E-state index is 2.68. The molecule has 11 aromatic carbocycles. The highest BCUT2D eigenvalue weighted by Gasteiger charge is 2.46. The van der Waals surface area contributed by atoms with Gasteiger partial charge in [-0.15, -0.1) is 11.3 Å². The highest BCUT2D eigenvalue weighted by atomic mass is 32.1. The average Bonchev–Trinajstić information content (AvgIpc) is 3.74. The molecule has 66 heavy (non-hydrogen) atoms. The fourth-order valence-corrected chi connectivity index (χ4v) is 13.2. The molecule has 0 atom stereocenters. The number of hydrogen-bond donors (Lipinski definition) is 0. The first kappa shape index (κ1) is 37.9. The second-order valence-corrected chi connectivity index (χ2v) is 20.2. The normalized spacial score (nSPS) is 13.3. The summed E-state index contributed by atoms with van der Waals surface area (Å²) >= 11 is 1.99. The molecule has 0 amide bonds.